The van der Waals surface area contributed by atoms with Crippen LogP contribution < -0.4 is 5.32 Å². The van der Waals surface area contributed by atoms with Crippen molar-refractivity contribution in [3.63, 3.8) is 0 Å². The third-order valence-corrected chi connectivity index (χ3v) is 1.97. The Labute approximate surface area is 94.1 Å². The van der Waals surface area contributed by atoms with E-state index >= 15 is 0 Å². The molecule has 1 aromatic rings. The van der Waals surface area contributed by atoms with Gasteiger partial charge in [0, 0.05) is 12.7 Å². The van der Waals surface area contributed by atoms with Gasteiger partial charge in [0.05, 0.1) is 18.2 Å². The number of nitriles is 1. The Hall–Kier alpha value is -2.09. The zero-order chi connectivity index (χ0) is 12.0. The molecule has 0 saturated heterocycles. The zero-order valence-electron chi connectivity index (χ0n) is 9.28. The molecule has 0 bridgehead atoms. The van der Waals surface area contributed by atoms with E-state index in [-0.39, 0.29) is 5.56 Å². The van der Waals surface area contributed by atoms with Gasteiger partial charge in [-0.3, -0.25) is 0 Å². The van der Waals surface area contributed by atoms with Crippen LogP contribution in [0.1, 0.15) is 29.3 Å². The van der Waals surface area contributed by atoms with E-state index in [1.54, 1.807) is 0 Å². The summed E-state index contributed by atoms with van der Waals surface area (Å²) in [5.74, 6) is 0.00282. The van der Waals surface area contributed by atoms with Crippen LogP contribution in [0.4, 0.5) is 5.82 Å². The number of hydrogen-bond acceptors (Lipinski definition) is 5. The molecule has 5 nitrogen and oxygen atoms in total. The fourth-order valence-electron chi connectivity index (χ4n) is 1.16. The summed E-state index contributed by atoms with van der Waals surface area (Å²) < 4.78 is 4.55. The summed E-state index contributed by atoms with van der Waals surface area (Å²) in [5, 5.41) is 11.9. The smallest absolute Gasteiger partial charge is 0.339 e. The molecule has 5 heteroatoms. The molecule has 0 fully saturated rings. The minimum absolute atomic E-state index is 0.279. The number of nitrogens with one attached hydrogen (secondary N) is 1. The SMILES string of the molecule is CCCNc1ncc(C(=O)OC)cc1C#N. The quantitative estimate of drug-likeness (QED) is 0.778. The van der Waals surface area contributed by atoms with Gasteiger partial charge in [0.2, 0.25) is 0 Å². The first kappa shape index (κ1) is 12.0. The maximum absolute atomic E-state index is 11.2. The van der Waals surface area contributed by atoms with Crippen LogP contribution in [0.25, 0.3) is 0 Å². The van der Waals surface area contributed by atoms with E-state index in [1.165, 1.54) is 19.4 Å². The van der Waals surface area contributed by atoms with E-state index < -0.39 is 5.97 Å². The number of carbonyl (C=O) groups excluding carboxylic acids is 1. The highest BCUT2D eigenvalue weighted by Gasteiger charge is 2.10. The standard InChI is InChI=1S/C11H13N3O2/c1-3-4-13-10-8(6-12)5-9(7-14-10)11(15)16-2/h5,7H,3-4H2,1-2H3,(H,13,14). The van der Waals surface area contributed by atoms with Crippen LogP contribution >= 0.6 is 0 Å². The third kappa shape index (κ3) is 2.70. The average Bonchev–Trinajstić information content (AvgIpc) is 2.35. The second-order valence-electron chi connectivity index (χ2n) is 3.15. The Balaban J connectivity index is 2.98. The summed E-state index contributed by atoms with van der Waals surface area (Å²) in [6.45, 7) is 2.75. The first-order valence-corrected chi connectivity index (χ1v) is 4.95. The summed E-state index contributed by atoms with van der Waals surface area (Å²) >= 11 is 0. The molecule has 0 aliphatic carbocycles. The van der Waals surface area contributed by atoms with Crippen molar-refractivity contribution >= 4 is 11.8 Å². The molecule has 0 atom stereocenters. The van der Waals surface area contributed by atoms with Gasteiger partial charge in [0.15, 0.2) is 0 Å². The van der Waals surface area contributed by atoms with Crippen molar-refractivity contribution in [3.05, 3.63) is 23.4 Å². The molecule has 1 aromatic heterocycles. The van der Waals surface area contributed by atoms with Crippen LogP contribution in [-0.2, 0) is 4.74 Å². The summed E-state index contributed by atoms with van der Waals surface area (Å²) in [4.78, 5) is 15.2. The Morgan fingerprint density at radius 3 is 3.00 bits per heavy atom. The molecule has 0 amide bonds. The highest BCUT2D eigenvalue weighted by molar-refractivity contribution is 5.89. The highest BCUT2D eigenvalue weighted by atomic mass is 16.5. The Bertz CT molecular complexity index is 424. The molecule has 0 radical (unpaired) electrons. The molecule has 0 saturated carbocycles. The number of aromatic nitrogens is 1. The normalized spacial score (nSPS) is 9.31. The Morgan fingerprint density at radius 2 is 2.44 bits per heavy atom. The number of esters is 1. The van der Waals surface area contributed by atoms with Crippen LogP contribution in [0.5, 0.6) is 0 Å². The number of rotatable bonds is 4. The zero-order valence-corrected chi connectivity index (χ0v) is 9.28. The lowest BCUT2D eigenvalue weighted by atomic mass is 10.2. The third-order valence-electron chi connectivity index (χ3n) is 1.97. The lowest BCUT2D eigenvalue weighted by Crippen LogP contribution is -2.07. The fourth-order valence-corrected chi connectivity index (χ4v) is 1.16. The van der Waals surface area contributed by atoms with Crippen molar-refractivity contribution in [1.29, 1.82) is 5.26 Å². The van der Waals surface area contributed by atoms with Crippen LogP contribution in [0.15, 0.2) is 12.3 Å². The summed E-state index contributed by atoms with van der Waals surface area (Å²) in [7, 11) is 1.29. The van der Waals surface area contributed by atoms with Gasteiger partial charge in [-0.15, -0.1) is 0 Å². The van der Waals surface area contributed by atoms with Crippen molar-refractivity contribution in [2.75, 3.05) is 19.0 Å². The van der Waals surface area contributed by atoms with Gasteiger partial charge in [-0.25, -0.2) is 9.78 Å². The summed E-state index contributed by atoms with van der Waals surface area (Å²) in [6, 6.07) is 3.46. The lowest BCUT2D eigenvalue weighted by Gasteiger charge is -2.06. The molecule has 0 spiro atoms. The second-order valence-corrected chi connectivity index (χ2v) is 3.15. The molecule has 1 N–H and O–H groups in total. The number of hydrogen-bond donors (Lipinski definition) is 1. The van der Waals surface area contributed by atoms with Crippen molar-refractivity contribution in [1.82, 2.24) is 4.98 Å². The minimum Gasteiger partial charge on any atom is -0.465 e. The van der Waals surface area contributed by atoms with Crippen molar-refractivity contribution in [2.45, 2.75) is 13.3 Å². The highest BCUT2D eigenvalue weighted by Crippen LogP contribution is 2.13. The average molecular weight is 219 g/mol. The topological polar surface area (TPSA) is 75.0 Å². The predicted molar refractivity (Wildman–Crippen MR) is 59.1 cm³/mol. The van der Waals surface area contributed by atoms with E-state index in [0.717, 1.165) is 13.0 Å². The molecule has 84 valence electrons. The second kappa shape index (κ2) is 5.71. The monoisotopic (exact) mass is 219 g/mol. The first-order chi connectivity index (χ1) is 7.72. The maximum Gasteiger partial charge on any atom is 0.339 e. The summed E-state index contributed by atoms with van der Waals surface area (Å²) in [5.41, 5.74) is 0.623. The van der Waals surface area contributed by atoms with Crippen LogP contribution in [0, 0.1) is 11.3 Å². The van der Waals surface area contributed by atoms with E-state index in [2.05, 4.69) is 15.0 Å². The molecule has 0 aliphatic heterocycles. The fraction of sp³-hybridized carbons (Fsp3) is 0.364. The first-order valence-electron chi connectivity index (χ1n) is 4.95. The van der Waals surface area contributed by atoms with Crippen LogP contribution in [-0.4, -0.2) is 24.6 Å². The maximum atomic E-state index is 11.2. The molecule has 1 heterocycles. The minimum atomic E-state index is -0.494. The van der Waals surface area contributed by atoms with Gasteiger partial charge in [0.1, 0.15) is 11.9 Å². The lowest BCUT2D eigenvalue weighted by molar-refractivity contribution is 0.0600. The van der Waals surface area contributed by atoms with Gasteiger partial charge in [-0.1, -0.05) is 6.92 Å². The van der Waals surface area contributed by atoms with Crippen LogP contribution in [0.3, 0.4) is 0 Å². The van der Waals surface area contributed by atoms with Gasteiger partial charge in [0.25, 0.3) is 0 Å². The molecule has 16 heavy (non-hydrogen) atoms. The van der Waals surface area contributed by atoms with Crippen LogP contribution in [0.2, 0.25) is 0 Å². The molecule has 1 rings (SSSR count). The van der Waals surface area contributed by atoms with Gasteiger partial charge in [-0.2, -0.15) is 5.26 Å². The predicted octanol–water partition coefficient (Wildman–Crippen LogP) is 1.56. The molecule has 0 unspecified atom stereocenters. The van der Waals surface area contributed by atoms with E-state index in [9.17, 15) is 4.79 Å². The largest absolute Gasteiger partial charge is 0.465 e. The van der Waals surface area contributed by atoms with Gasteiger partial charge < -0.3 is 10.1 Å². The molecule has 0 aromatic carbocycles. The summed E-state index contributed by atoms with van der Waals surface area (Å²) in [6.07, 6.45) is 2.33. The number of pyridine rings is 1. The Kier molecular flexibility index (Phi) is 4.28. The molecular formula is C11H13N3O2. The van der Waals surface area contributed by atoms with Crippen molar-refractivity contribution in [2.24, 2.45) is 0 Å². The number of methoxy groups -OCH3 is 1. The van der Waals surface area contributed by atoms with Gasteiger partial charge in [-0.05, 0) is 12.5 Å². The van der Waals surface area contributed by atoms with Crippen molar-refractivity contribution < 1.29 is 9.53 Å². The van der Waals surface area contributed by atoms with E-state index in [1.807, 2.05) is 13.0 Å². The number of carbonyl (C=O) groups is 1. The molecular weight excluding hydrogens is 206 g/mol. The molecule has 0 aliphatic rings. The van der Waals surface area contributed by atoms with E-state index in [0.29, 0.717) is 11.4 Å². The number of nitrogens with zero attached hydrogens (tertiary/aromatic N) is 2. The van der Waals surface area contributed by atoms with E-state index in [4.69, 9.17) is 5.26 Å². The van der Waals surface area contributed by atoms with Gasteiger partial charge >= 0.3 is 5.97 Å². The van der Waals surface area contributed by atoms with Crippen molar-refractivity contribution in [3.8, 4) is 6.07 Å². The number of ether oxygens (including phenoxy) is 1. The Morgan fingerprint density at radius 1 is 1.69 bits per heavy atom. The number of anilines is 1.